The lowest BCUT2D eigenvalue weighted by Gasteiger charge is -2.47. The van der Waals surface area contributed by atoms with E-state index < -0.39 is 97.7 Å². The Bertz CT molecular complexity index is 852. The first-order valence-corrected chi connectivity index (χ1v) is 10.8. The van der Waals surface area contributed by atoms with Gasteiger partial charge in [-0.3, -0.25) is 24.0 Å². The number of esters is 3. The van der Waals surface area contributed by atoms with Gasteiger partial charge in [0.1, 0.15) is 37.1 Å². The van der Waals surface area contributed by atoms with Crippen molar-refractivity contribution < 1.29 is 67.7 Å². The van der Waals surface area contributed by atoms with Crippen molar-refractivity contribution in [2.75, 3.05) is 6.61 Å². The van der Waals surface area contributed by atoms with Gasteiger partial charge in [-0.05, 0) is 0 Å². The zero-order chi connectivity index (χ0) is 27.3. The summed E-state index contributed by atoms with van der Waals surface area (Å²) in [6.07, 6.45) is -15.2. The summed E-state index contributed by atoms with van der Waals surface area (Å²) < 4.78 is 31.8. The number of ether oxygens (including phenoxy) is 6. The van der Waals surface area contributed by atoms with Crippen molar-refractivity contribution in [3.8, 4) is 0 Å². The van der Waals surface area contributed by atoms with Crippen LogP contribution in [0, 0.1) is 0 Å². The zero-order valence-corrected chi connectivity index (χ0v) is 19.9. The molecular weight excluding hydrogens is 492 g/mol. The molecule has 2 heterocycles. The molecule has 0 aromatic heterocycles. The summed E-state index contributed by atoms with van der Waals surface area (Å²) in [4.78, 5) is 58.4. The Balaban J connectivity index is 2.44. The van der Waals surface area contributed by atoms with E-state index in [2.05, 4.69) is 5.32 Å². The van der Waals surface area contributed by atoms with E-state index in [0.717, 1.165) is 27.7 Å². The van der Waals surface area contributed by atoms with Crippen molar-refractivity contribution in [3.63, 3.8) is 0 Å². The Morgan fingerprint density at radius 2 is 1.42 bits per heavy atom. The van der Waals surface area contributed by atoms with Gasteiger partial charge in [-0.15, -0.1) is 0 Å². The first-order chi connectivity index (χ1) is 16.7. The number of nitrogens with one attached hydrogen (secondary N) is 1. The number of primary amides is 1. The number of carbonyl (C=O) groups excluding carboxylic acids is 5. The van der Waals surface area contributed by atoms with Gasteiger partial charge in [0.2, 0.25) is 11.8 Å². The number of rotatable bonds is 8. The SMILES string of the molecule is CC(=O)N[C@H]1[C@H](O[C@H]2C(O)O[C@H](C(N)=O)[C@H](O)[C@@H]2O)O[C@H](COC(C)=O)[C@@H](OC(C)=O)[C@@H]1OC(C)=O. The van der Waals surface area contributed by atoms with E-state index >= 15 is 0 Å². The number of nitrogens with two attached hydrogens (primary N) is 1. The van der Waals surface area contributed by atoms with Gasteiger partial charge in [0, 0.05) is 27.7 Å². The number of hydrogen-bond acceptors (Lipinski definition) is 14. The highest BCUT2D eigenvalue weighted by molar-refractivity contribution is 5.79. The van der Waals surface area contributed by atoms with Crippen molar-refractivity contribution in [2.45, 2.75) is 89.0 Å². The molecule has 0 radical (unpaired) electrons. The summed E-state index contributed by atoms with van der Waals surface area (Å²) in [7, 11) is 0. The lowest BCUT2D eigenvalue weighted by atomic mass is 9.95. The third-order valence-corrected chi connectivity index (χ3v) is 5.21. The zero-order valence-electron chi connectivity index (χ0n) is 19.9. The van der Waals surface area contributed by atoms with E-state index in [1.54, 1.807) is 0 Å². The fraction of sp³-hybridized carbons (Fsp3) is 0.750. The third-order valence-electron chi connectivity index (χ3n) is 5.21. The Morgan fingerprint density at radius 3 is 1.92 bits per heavy atom. The standard InChI is InChI=1S/C20H30N2O14/c1-6(23)22-11-15(33-9(4)26)14(32-8(3)25)10(5-31-7(2)24)34-20(11)36-17-13(28)12(27)16(18(21)29)35-19(17)30/h10-17,19-20,27-28,30H,5H2,1-4H3,(H2,21,29)(H,22,23)/t10-,11-,12-,13+,14-,15-,16+,17-,19?,20+/m1/s1. The number of hydrogen-bond donors (Lipinski definition) is 5. The molecule has 6 N–H and O–H groups in total. The van der Waals surface area contributed by atoms with Gasteiger partial charge in [-0.25, -0.2) is 0 Å². The molecule has 204 valence electrons. The molecule has 2 aliphatic heterocycles. The maximum atomic E-state index is 12.0. The van der Waals surface area contributed by atoms with Crippen molar-refractivity contribution >= 4 is 29.7 Å². The second kappa shape index (κ2) is 12.4. The molecular formula is C20H30N2O14. The van der Waals surface area contributed by atoms with Crippen LogP contribution in [-0.2, 0) is 52.4 Å². The van der Waals surface area contributed by atoms with E-state index in [1.165, 1.54) is 0 Å². The summed E-state index contributed by atoms with van der Waals surface area (Å²) >= 11 is 0. The molecule has 0 saturated carbocycles. The monoisotopic (exact) mass is 522 g/mol. The maximum Gasteiger partial charge on any atom is 0.303 e. The van der Waals surface area contributed by atoms with E-state index in [0.29, 0.717) is 0 Å². The first-order valence-electron chi connectivity index (χ1n) is 10.8. The Labute approximate surface area is 204 Å². The van der Waals surface area contributed by atoms with Gasteiger partial charge in [-0.1, -0.05) is 0 Å². The van der Waals surface area contributed by atoms with Gasteiger partial charge < -0.3 is 54.8 Å². The average molecular weight is 522 g/mol. The Morgan fingerprint density at radius 1 is 0.833 bits per heavy atom. The molecule has 0 aromatic carbocycles. The second-order valence-corrected chi connectivity index (χ2v) is 8.15. The minimum absolute atomic E-state index is 0.518. The summed E-state index contributed by atoms with van der Waals surface area (Å²) in [5, 5.41) is 33.4. The van der Waals surface area contributed by atoms with Crippen LogP contribution in [0.2, 0.25) is 0 Å². The molecule has 16 nitrogen and oxygen atoms in total. The molecule has 10 atom stereocenters. The molecule has 0 aliphatic carbocycles. The smallest absolute Gasteiger partial charge is 0.303 e. The molecule has 2 fully saturated rings. The van der Waals surface area contributed by atoms with Gasteiger partial charge in [0.25, 0.3) is 0 Å². The van der Waals surface area contributed by atoms with Gasteiger partial charge >= 0.3 is 17.9 Å². The molecule has 2 rings (SSSR count). The fourth-order valence-electron chi connectivity index (χ4n) is 3.80. The quantitative estimate of drug-likeness (QED) is 0.151. The molecule has 36 heavy (non-hydrogen) atoms. The molecule has 16 heteroatoms. The highest BCUT2D eigenvalue weighted by Gasteiger charge is 2.54. The molecule has 2 amide bonds. The Kier molecular flexibility index (Phi) is 10.1. The van der Waals surface area contributed by atoms with E-state index in [9.17, 15) is 39.3 Å². The number of aliphatic hydroxyl groups excluding tert-OH is 3. The van der Waals surface area contributed by atoms with E-state index in [4.69, 9.17) is 34.2 Å². The van der Waals surface area contributed by atoms with Crippen molar-refractivity contribution in [3.05, 3.63) is 0 Å². The van der Waals surface area contributed by atoms with Crippen molar-refractivity contribution in [1.29, 1.82) is 0 Å². The summed E-state index contributed by atoms with van der Waals surface area (Å²) in [5.74, 6) is -4.21. The van der Waals surface area contributed by atoms with Crippen LogP contribution in [0.4, 0.5) is 0 Å². The Hall–Kier alpha value is -2.89. The highest BCUT2D eigenvalue weighted by atomic mass is 16.7. The van der Waals surface area contributed by atoms with Gasteiger partial charge in [0.05, 0.1) is 0 Å². The van der Waals surface area contributed by atoms with Crippen molar-refractivity contribution in [2.24, 2.45) is 5.73 Å². The molecule has 0 bridgehead atoms. The summed E-state index contributed by atoms with van der Waals surface area (Å²) in [6.45, 7) is 3.81. The summed E-state index contributed by atoms with van der Waals surface area (Å²) in [5.41, 5.74) is 5.09. The molecule has 1 unspecified atom stereocenters. The molecule has 2 saturated heterocycles. The topological polar surface area (TPSA) is 239 Å². The van der Waals surface area contributed by atoms with E-state index in [-0.39, 0.29) is 0 Å². The van der Waals surface area contributed by atoms with Gasteiger partial charge in [-0.2, -0.15) is 0 Å². The molecule has 0 aromatic rings. The average Bonchev–Trinajstić information content (AvgIpc) is 2.74. The predicted molar refractivity (Wildman–Crippen MR) is 111 cm³/mol. The van der Waals surface area contributed by atoms with Crippen LogP contribution in [0.15, 0.2) is 0 Å². The number of aliphatic hydroxyl groups is 3. The minimum atomic E-state index is -2.01. The van der Waals surface area contributed by atoms with Crippen LogP contribution in [0.25, 0.3) is 0 Å². The lowest BCUT2D eigenvalue weighted by molar-refractivity contribution is -0.343. The van der Waals surface area contributed by atoms with Crippen LogP contribution < -0.4 is 11.1 Å². The highest BCUT2D eigenvalue weighted by Crippen LogP contribution is 2.31. The van der Waals surface area contributed by atoms with Crippen LogP contribution >= 0.6 is 0 Å². The van der Waals surface area contributed by atoms with Crippen molar-refractivity contribution in [1.82, 2.24) is 5.32 Å². The third kappa shape index (κ3) is 7.31. The van der Waals surface area contributed by atoms with Crippen LogP contribution in [0.1, 0.15) is 27.7 Å². The number of carbonyl (C=O) groups is 5. The largest absolute Gasteiger partial charge is 0.463 e. The van der Waals surface area contributed by atoms with Crippen LogP contribution in [0.5, 0.6) is 0 Å². The minimum Gasteiger partial charge on any atom is -0.463 e. The van der Waals surface area contributed by atoms with E-state index in [1.807, 2.05) is 0 Å². The van der Waals surface area contributed by atoms with Crippen LogP contribution in [-0.4, -0.2) is 113 Å². The van der Waals surface area contributed by atoms with Gasteiger partial charge in [0.15, 0.2) is 30.9 Å². The first kappa shape index (κ1) is 29.3. The molecule has 2 aliphatic rings. The lowest BCUT2D eigenvalue weighted by Crippen LogP contribution is -2.69. The number of amides is 2. The summed E-state index contributed by atoms with van der Waals surface area (Å²) in [6, 6.07) is -1.41. The fourth-order valence-corrected chi connectivity index (χ4v) is 3.80. The molecule has 0 spiro atoms. The van der Waals surface area contributed by atoms with Crippen LogP contribution in [0.3, 0.4) is 0 Å². The normalized spacial score (nSPS) is 36.3. The maximum absolute atomic E-state index is 12.0. The predicted octanol–water partition coefficient (Wildman–Crippen LogP) is -4.05. The second-order valence-electron chi connectivity index (χ2n) is 8.15.